The minimum absolute atomic E-state index is 0.160. The number of carboxylic acids is 1. The van der Waals surface area contributed by atoms with Crippen LogP contribution in [-0.4, -0.2) is 50.0 Å². The zero-order valence-corrected chi connectivity index (χ0v) is 25.1. The third-order valence-corrected chi connectivity index (χ3v) is 11.3. The topological polar surface area (TPSA) is 92.5 Å². The summed E-state index contributed by atoms with van der Waals surface area (Å²) >= 11 is 12.7. The molecule has 4 aliphatic carbocycles. The summed E-state index contributed by atoms with van der Waals surface area (Å²) in [6.07, 6.45) is 5.60. The molecular formula is C31H36Cl2FN3O4. The van der Waals surface area contributed by atoms with Crippen LogP contribution in [-0.2, 0) is 10.5 Å². The van der Waals surface area contributed by atoms with Crippen LogP contribution in [0, 0.1) is 22.7 Å². The predicted octanol–water partition coefficient (Wildman–Crippen LogP) is 7.11. The highest BCUT2D eigenvalue weighted by Gasteiger charge is 2.63. The van der Waals surface area contributed by atoms with E-state index in [1.165, 1.54) is 6.20 Å². The highest BCUT2D eigenvalue weighted by molar-refractivity contribution is 6.40. The van der Waals surface area contributed by atoms with Crippen molar-refractivity contribution in [1.29, 1.82) is 0 Å². The lowest BCUT2D eigenvalue weighted by Gasteiger charge is -2.35. The molecule has 7 nitrogen and oxygen atoms in total. The van der Waals surface area contributed by atoms with Crippen LogP contribution >= 0.6 is 23.2 Å². The molecule has 0 radical (unpaired) electrons. The lowest BCUT2D eigenvalue weighted by atomic mass is 9.74. The van der Waals surface area contributed by atoms with Crippen LogP contribution in [0.4, 0.5) is 4.39 Å². The normalized spacial score (nSPS) is 30.9. The van der Waals surface area contributed by atoms with Gasteiger partial charge >= 0.3 is 5.97 Å². The van der Waals surface area contributed by atoms with Crippen LogP contribution < -0.4 is 0 Å². The number of carbonyl (C=O) groups is 3. The van der Waals surface area contributed by atoms with E-state index in [4.69, 9.17) is 23.2 Å². The fraction of sp³-hybridized carbons (Fsp3) is 0.613. The molecule has 1 aromatic heterocycles. The molecule has 1 N–H and O–H groups in total. The lowest BCUT2D eigenvalue weighted by molar-refractivity contribution is -0.150. The molecule has 1 aromatic carbocycles. The van der Waals surface area contributed by atoms with Crippen molar-refractivity contribution < 1.29 is 23.9 Å². The Morgan fingerprint density at radius 2 is 1.63 bits per heavy atom. The number of carbonyl (C=O) groups excluding carboxylic acids is 2. The van der Waals surface area contributed by atoms with Crippen LogP contribution in [0.3, 0.4) is 0 Å². The van der Waals surface area contributed by atoms with Crippen molar-refractivity contribution in [3.63, 3.8) is 0 Å². The van der Waals surface area contributed by atoms with E-state index >= 15 is 4.39 Å². The Morgan fingerprint density at radius 1 is 1.05 bits per heavy atom. The SMILES string of the molecule is CC1(C(=O)O)CCC(n2ncc(C(=O)N(CC(=O)c3c(Cl)cccc3Cl)C3C[C@@H]4[C@H](C3)C4(C)C)c2C2(F)CC2)CC1. The molecule has 0 saturated heterocycles. The fourth-order valence-electron chi connectivity index (χ4n) is 7.54. The molecule has 10 heteroatoms. The molecule has 1 heterocycles. The maximum atomic E-state index is 16.0. The van der Waals surface area contributed by atoms with Crippen LogP contribution in [0.5, 0.6) is 0 Å². The monoisotopic (exact) mass is 603 g/mol. The van der Waals surface area contributed by atoms with Crippen LogP contribution in [0.15, 0.2) is 24.4 Å². The smallest absolute Gasteiger partial charge is 0.309 e. The maximum absolute atomic E-state index is 16.0. The number of carboxylic acid groups (broad SMARTS) is 1. The van der Waals surface area contributed by atoms with Gasteiger partial charge in [-0.3, -0.25) is 19.1 Å². The minimum Gasteiger partial charge on any atom is -0.481 e. The van der Waals surface area contributed by atoms with Gasteiger partial charge in [-0.25, -0.2) is 4.39 Å². The number of hydrogen-bond acceptors (Lipinski definition) is 4. The highest BCUT2D eigenvalue weighted by Crippen LogP contribution is 2.67. The Balaban J connectivity index is 1.32. The molecular weight excluding hydrogens is 568 g/mol. The van der Waals surface area contributed by atoms with Gasteiger partial charge in [0.25, 0.3) is 5.91 Å². The Hall–Kier alpha value is -2.45. The number of aromatic nitrogens is 2. The summed E-state index contributed by atoms with van der Waals surface area (Å²) < 4.78 is 17.6. The molecule has 3 atom stereocenters. The van der Waals surface area contributed by atoms with E-state index in [0.29, 0.717) is 50.4 Å². The van der Waals surface area contributed by atoms with Gasteiger partial charge in [-0.15, -0.1) is 0 Å². The standard InChI is InChI=1S/C31H36Cl2FN3O4/c1-29(2)20-13-18(14-21(20)29)36(16-24(38)25-22(32)5-4-6-23(25)33)27(39)19-15-35-37(26(19)31(34)11-12-31)17-7-9-30(3,10-8-17)28(40)41/h4-6,15,17-18,20-21H,7-14,16H2,1-3H3,(H,40,41)/t17?,18?,20-,21+,30?. The van der Waals surface area contributed by atoms with Gasteiger partial charge in [0.2, 0.25) is 0 Å². The summed E-state index contributed by atoms with van der Waals surface area (Å²) in [4.78, 5) is 41.3. The largest absolute Gasteiger partial charge is 0.481 e. The summed E-state index contributed by atoms with van der Waals surface area (Å²) in [5, 5.41) is 14.6. The molecule has 1 unspecified atom stereocenters. The number of Topliss-reactive ketones (excluding diaryl/α,β-unsaturated/α-hetero) is 1. The number of amides is 1. The van der Waals surface area contributed by atoms with Crippen molar-refractivity contribution in [3.05, 3.63) is 51.3 Å². The number of rotatable bonds is 8. The molecule has 6 rings (SSSR count). The number of halogens is 3. The van der Waals surface area contributed by atoms with Crippen molar-refractivity contribution in [2.45, 2.75) is 89.9 Å². The second-order valence-electron chi connectivity index (χ2n) is 13.5. The third-order valence-electron chi connectivity index (χ3n) is 10.7. The van der Waals surface area contributed by atoms with E-state index in [1.54, 1.807) is 34.7 Å². The zero-order chi connectivity index (χ0) is 29.5. The number of ketones is 1. The first-order valence-electron chi connectivity index (χ1n) is 14.6. The van der Waals surface area contributed by atoms with Crippen molar-refractivity contribution in [1.82, 2.24) is 14.7 Å². The molecule has 1 amide bonds. The first-order valence-corrected chi connectivity index (χ1v) is 15.3. The number of alkyl halides is 1. The molecule has 2 aromatic rings. The van der Waals surface area contributed by atoms with E-state index in [0.717, 1.165) is 12.8 Å². The quantitative estimate of drug-likeness (QED) is 0.324. The Labute approximate surface area is 249 Å². The molecule has 41 heavy (non-hydrogen) atoms. The minimum atomic E-state index is -1.66. The summed E-state index contributed by atoms with van der Waals surface area (Å²) in [6, 6.07) is 4.51. The molecule has 0 bridgehead atoms. The van der Waals surface area contributed by atoms with Gasteiger partial charge < -0.3 is 10.0 Å². The van der Waals surface area contributed by atoms with E-state index < -0.39 is 23.0 Å². The van der Waals surface area contributed by atoms with Gasteiger partial charge in [0, 0.05) is 6.04 Å². The molecule has 0 aliphatic heterocycles. The molecule has 4 saturated carbocycles. The number of fused-ring (bicyclic) bond motifs is 1. The molecule has 4 fully saturated rings. The van der Waals surface area contributed by atoms with E-state index in [2.05, 4.69) is 18.9 Å². The molecule has 0 spiro atoms. The lowest BCUT2D eigenvalue weighted by Crippen LogP contribution is -2.44. The second kappa shape index (κ2) is 9.80. The van der Waals surface area contributed by atoms with E-state index in [-0.39, 0.29) is 56.7 Å². The highest BCUT2D eigenvalue weighted by atomic mass is 35.5. The number of aliphatic carboxylic acids is 1. The van der Waals surface area contributed by atoms with E-state index in [1.807, 2.05) is 0 Å². The van der Waals surface area contributed by atoms with Crippen molar-refractivity contribution >= 4 is 40.9 Å². The van der Waals surface area contributed by atoms with Crippen molar-refractivity contribution in [2.75, 3.05) is 6.54 Å². The summed E-state index contributed by atoms with van der Waals surface area (Å²) in [6.45, 7) is 6.01. The van der Waals surface area contributed by atoms with Gasteiger partial charge in [-0.1, -0.05) is 43.1 Å². The first-order chi connectivity index (χ1) is 19.3. The molecule has 4 aliphatic rings. The van der Waals surface area contributed by atoms with Crippen molar-refractivity contribution in [2.24, 2.45) is 22.7 Å². The van der Waals surface area contributed by atoms with Gasteiger partial charge in [-0.2, -0.15) is 5.10 Å². The van der Waals surface area contributed by atoms with Crippen LogP contribution in [0.2, 0.25) is 10.0 Å². The summed E-state index contributed by atoms with van der Waals surface area (Å²) in [7, 11) is 0. The zero-order valence-electron chi connectivity index (χ0n) is 23.6. The average molecular weight is 605 g/mol. The summed E-state index contributed by atoms with van der Waals surface area (Å²) in [5.74, 6) is -0.629. The Kier molecular flexibility index (Phi) is 6.85. The average Bonchev–Trinajstić information content (AvgIpc) is 3.54. The number of nitrogens with zero attached hydrogens (tertiary/aromatic N) is 3. The maximum Gasteiger partial charge on any atom is 0.309 e. The number of benzene rings is 1. The fourth-order valence-corrected chi connectivity index (χ4v) is 8.15. The van der Waals surface area contributed by atoms with Gasteiger partial charge in [-0.05, 0) is 87.7 Å². The van der Waals surface area contributed by atoms with Crippen LogP contribution in [0.1, 0.15) is 105 Å². The Morgan fingerprint density at radius 3 is 2.17 bits per heavy atom. The van der Waals surface area contributed by atoms with Crippen molar-refractivity contribution in [3.8, 4) is 0 Å². The second-order valence-corrected chi connectivity index (χ2v) is 14.3. The van der Waals surface area contributed by atoms with Gasteiger partial charge in [0.1, 0.15) is 0 Å². The Bertz CT molecular complexity index is 1390. The van der Waals surface area contributed by atoms with Gasteiger partial charge in [0.05, 0.1) is 51.1 Å². The molecule has 220 valence electrons. The third kappa shape index (κ3) is 4.79. The van der Waals surface area contributed by atoms with Gasteiger partial charge in [0.15, 0.2) is 11.5 Å². The number of hydrogen-bond donors (Lipinski definition) is 1. The van der Waals surface area contributed by atoms with Crippen LogP contribution in [0.25, 0.3) is 0 Å². The first kappa shape index (κ1) is 28.7. The predicted molar refractivity (Wildman–Crippen MR) is 153 cm³/mol. The van der Waals surface area contributed by atoms with E-state index in [9.17, 15) is 19.5 Å². The summed E-state index contributed by atoms with van der Waals surface area (Å²) in [5.41, 5.74) is -1.61.